The van der Waals surface area contributed by atoms with E-state index in [1.807, 2.05) is 33.8 Å². The Bertz CT molecular complexity index is 391. The fraction of sp³-hybridized carbons (Fsp3) is 0.556. The molecule has 0 radical (unpaired) electrons. The van der Waals surface area contributed by atoms with E-state index in [1.54, 1.807) is 0 Å². The minimum atomic E-state index is -0.405. The second kappa shape index (κ2) is 15.5. The number of ether oxygens (including phenoxy) is 1. The first-order valence-electron chi connectivity index (χ1n) is 8.11. The lowest BCUT2D eigenvalue weighted by Crippen LogP contribution is -2.36. The van der Waals surface area contributed by atoms with Crippen molar-refractivity contribution < 1.29 is 14.3 Å². The zero-order chi connectivity index (χ0) is 17.4. The smallest absolute Gasteiger partial charge is 0.328 e. The number of carbonyl (C=O) groups is 2. The maximum absolute atomic E-state index is 10.7. The zero-order valence-corrected chi connectivity index (χ0v) is 14.8. The summed E-state index contributed by atoms with van der Waals surface area (Å²) in [4.78, 5) is 21.1. The predicted molar refractivity (Wildman–Crippen MR) is 91.7 cm³/mol. The van der Waals surface area contributed by atoms with Gasteiger partial charge in [-0.15, -0.1) is 0 Å². The van der Waals surface area contributed by atoms with Gasteiger partial charge in [0, 0.05) is 13.3 Å². The predicted octanol–water partition coefficient (Wildman–Crippen LogP) is 3.74. The lowest BCUT2D eigenvalue weighted by molar-refractivity contribution is -0.141. The Morgan fingerprint density at radius 2 is 1.73 bits per heavy atom. The van der Waals surface area contributed by atoms with Gasteiger partial charge in [0.1, 0.15) is 6.04 Å². The van der Waals surface area contributed by atoms with E-state index in [0.717, 1.165) is 6.42 Å². The minimum Gasteiger partial charge on any atom is -0.464 e. The quantitative estimate of drug-likeness (QED) is 0.847. The molecule has 1 aromatic carbocycles. The second-order valence-electron chi connectivity index (χ2n) is 4.05. The molecule has 1 aliphatic rings. The van der Waals surface area contributed by atoms with Crippen molar-refractivity contribution in [1.82, 2.24) is 5.32 Å². The van der Waals surface area contributed by atoms with E-state index < -0.39 is 6.04 Å². The van der Waals surface area contributed by atoms with Crippen molar-refractivity contribution in [3.05, 3.63) is 35.9 Å². The topological polar surface area (TPSA) is 55.4 Å². The second-order valence-corrected chi connectivity index (χ2v) is 4.05. The Balaban J connectivity index is 0. The fourth-order valence-electron chi connectivity index (χ4n) is 1.59. The van der Waals surface area contributed by atoms with Gasteiger partial charge in [-0.25, -0.2) is 4.79 Å². The van der Waals surface area contributed by atoms with Crippen LogP contribution < -0.4 is 5.32 Å². The van der Waals surface area contributed by atoms with Crippen molar-refractivity contribution in [2.45, 2.75) is 60.4 Å². The molecule has 1 aliphatic heterocycles. The Morgan fingerprint density at radius 1 is 1.18 bits per heavy atom. The number of benzene rings is 1. The highest BCUT2D eigenvalue weighted by molar-refractivity contribution is 5.84. The molecule has 4 heteroatoms. The molecule has 2 rings (SSSR count). The van der Waals surface area contributed by atoms with E-state index in [1.165, 1.54) is 12.5 Å². The van der Waals surface area contributed by atoms with Crippen molar-refractivity contribution in [2.75, 3.05) is 6.61 Å². The van der Waals surface area contributed by atoms with E-state index >= 15 is 0 Å². The molecule has 1 saturated heterocycles. The van der Waals surface area contributed by atoms with Crippen LogP contribution >= 0.6 is 0 Å². The molecule has 1 fully saturated rings. The van der Waals surface area contributed by atoms with Crippen LogP contribution in [0.15, 0.2) is 30.3 Å². The van der Waals surface area contributed by atoms with Crippen LogP contribution in [0.25, 0.3) is 0 Å². The van der Waals surface area contributed by atoms with Gasteiger partial charge < -0.3 is 10.1 Å². The molecule has 0 spiro atoms. The highest BCUT2D eigenvalue weighted by atomic mass is 16.5. The number of amides is 1. The van der Waals surface area contributed by atoms with Gasteiger partial charge >= 0.3 is 5.97 Å². The molecule has 1 amide bonds. The fourth-order valence-corrected chi connectivity index (χ4v) is 1.59. The molecule has 1 unspecified atom stereocenters. The molecule has 0 bridgehead atoms. The summed E-state index contributed by atoms with van der Waals surface area (Å²) >= 11 is 0. The molecular weight excluding hydrogens is 278 g/mol. The number of cyclic esters (lactones) is 1. The molecule has 1 aromatic rings. The number of aryl methyl sites for hydroxylation is 1. The maximum Gasteiger partial charge on any atom is 0.328 e. The first kappa shape index (κ1) is 22.4. The normalized spacial score (nSPS) is 14.8. The largest absolute Gasteiger partial charge is 0.464 e. The van der Waals surface area contributed by atoms with E-state index in [0.29, 0.717) is 13.0 Å². The highest BCUT2D eigenvalue weighted by Gasteiger charge is 2.26. The van der Waals surface area contributed by atoms with Gasteiger partial charge in [0.15, 0.2) is 0 Å². The first-order valence-corrected chi connectivity index (χ1v) is 8.11. The lowest BCUT2D eigenvalue weighted by atomic mass is 10.2. The summed E-state index contributed by atoms with van der Waals surface area (Å²) in [7, 11) is 0. The standard InChI is InChI=1S/C8H10.C6H9NO3.2C2H6/c1-2-8-6-4-3-5-7-8;1-4(8)7-5-2-3-10-6(5)9;2*1-2/h3-7H,2H2,1H3;5H,2-3H2,1H3,(H,7,8);2*1-2H3. The molecule has 0 aliphatic carbocycles. The number of esters is 1. The third kappa shape index (κ3) is 10.9. The van der Waals surface area contributed by atoms with Crippen molar-refractivity contribution >= 4 is 11.9 Å². The van der Waals surface area contributed by atoms with E-state index in [2.05, 4.69) is 41.2 Å². The van der Waals surface area contributed by atoms with Gasteiger partial charge in [-0.1, -0.05) is 65.0 Å². The third-order valence-electron chi connectivity index (χ3n) is 2.56. The van der Waals surface area contributed by atoms with Crippen LogP contribution in [0.1, 0.15) is 53.5 Å². The molecule has 4 nitrogen and oxygen atoms in total. The summed E-state index contributed by atoms with van der Waals surface area (Å²) in [6.45, 7) is 12.0. The van der Waals surface area contributed by atoms with Crippen molar-refractivity contribution in [2.24, 2.45) is 0 Å². The molecule has 126 valence electrons. The summed E-state index contributed by atoms with van der Waals surface area (Å²) in [5, 5.41) is 2.48. The number of nitrogens with one attached hydrogen (secondary N) is 1. The SMILES string of the molecule is CC.CC.CC(=O)NC1CCOC1=O.CCc1ccccc1. The maximum atomic E-state index is 10.7. The van der Waals surface area contributed by atoms with Crippen molar-refractivity contribution in [1.29, 1.82) is 0 Å². The Labute approximate surface area is 135 Å². The number of hydrogen-bond donors (Lipinski definition) is 1. The van der Waals surface area contributed by atoms with Crippen LogP contribution in [0.4, 0.5) is 0 Å². The Hall–Kier alpha value is -1.84. The van der Waals surface area contributed by atoms with E-state index in [9.17, 15) is 9.59 Å². The minimum absolute atomic E-state index is 0.191. The van der Waals surface area contributed by atoms with Gasteiger partial charge in [0.2, 0.25) is 5.91 Å². The van der Waals surface area contributed by atoms with Gasteiger partial charge in [-0.05, 0) is 12.0 Å². The summed E-state index contributed by atoms with van der Waals surface area (Å²) in [6, 6.07) is 10.1. The third-order valence-corrected chi connectivity index (χ3v) is 2.56. The number of rotatable bonds is 2. The van der Waals surface area contributed by atoms with Crippen LogP contribution in [0.2, 0.25) is 0 Å². The van der Waals surface area contributed by atoms with Crippen LogP contribution in [0.5, 0.6) is 0 Å². The van der Waals surface area contributed by atoms with Crippen LogP contribution in [-0.4, -0.2) is 24.5 Å². The van der Waals surface area contributed by atoms with Gasteiger partial charge in [0.25, 0.3) is 0 Å². The zero-order valence-electron chi connectivity index (χ0n) is 14.8. The number of carbonyl (C=O) groups excluding carboxylic acids is 2. The van der Waals surface area contributed by atoms with Gasteiger partial charge in [-0.2, -0.15) is 0 Å². The van der Waals surface area contributed by atoms with Crippen molar-refractivity contribution in [3.63, 3.8) is 0 Å². The number of hydrogen-bond acceptors (Lipinski definition) is 3. The molecule has 1 heterocycles. The first-order chi connectivity index (χ1) is 10.6. The van der Waals surface area contributed by atoms with Gasteiger partial charge in [0.05, 0.1) is 6.61 Å². The monoisotopic (exact) mass is 309 g/mol. The van der Waals surface area contributed by atoms with Crippen LogP contribution in [-0.2, 0) is 20.7 Å². The summed E-state index contributed by atoms with van der Waals surface area (Å²) in [5.74, 6) is -0.515. The molecule has 1 N–H and O–H groups in total. The van der Waals surface area contributed by atoms with Crippen molar-refractivity contribution in [3.8, 4) is 0 Å². The van der Waals surface area contributed by atoms with Crippen LogP contribution in [0, 0.1) is 0 Å². The van der Waals surface area contributed by atoms with Crippen LogP contribution in [0.3, 0.4) is 0 Å². The summed E-state index contributed by atoms with van der Waals surface area (Å²) in [5.41, 5.74) is 1.41. The average Bonchev–Trinajstić information content (AvgIpc) is 2.97. The summed E-state index contributed by atoms with van der Waals surface area (Å²) < 4.78 is 4.61. The molecule has 1 atom stereocenters. The Morgan fingerprint density at radius 3 is 2.05 bits per heavy atom. The van der Waals surface area contributed by atoms with E-state index in [-0.39, 0.29) is 11.9 Å². The molecule has 22 heavy (non-hydrogen) atoms. The highest BCUT2D eigenvalue weighted by Crippen LogP contribution is 2.04. The van der Waals surface area contributed by atoms with E-state index in [4.69, 9.17) is 0 Å². The summed E-state index contributed by atoms with van der Waals surface area (Å²) in [6.07, 6.45) is 1.74. The van der Waals surface area contributed by atoms with Gasteiger partial charge in [-0.3, -0.25) is 4.79 Å². The molecule has 0 aromatic heterocycles. The average molecular weight is 309 g/mol. The lowest BCUT2D eigenvalue weighted by Gasteiger charge is -2.03. The molecule has 0 saturated carbocycles. The molecular formula is C18H31NO3. The Kier molecular flexibility index (Phi) is 15.9.